The average molecular weight is 468 g/mol. The molecule has 9 nitrogen and oxygen atoms in total. The van der Waals surface area contributed by atoms with Gasteiger partial charge >= 0.3 is 0 Å². The van der Waals surface area contributed by atoms with Gasteiger partial charge in [0.05, 0.1) is 5.25 Å². The number of carbonyl (C=O) groups excluding carboxylic acids is 2. The Balaban J connectivity index is 1.77. The molecule has 32 heavy (non-hydrogen) atoms. The van der Waals surface area contributed by atoms with E-state index in [1.54, 1.807) is 36.9 Å². The number of likely N-dealkylation sites (N-methyl/N-ethyl adjacent to an activating group) is 1. The molecule has 0 spiro atoms. The summed E-state index contributed by atoms with van der Waals surface area (Å²) >= 11 is 0. The molecule has 1 saturated heterocycles. The summed E-state index contributed by atoms with van der Waals surface area (Å²) in [7, 11) is -3.34. The predicted molar refractivity (Wildman–Crippen MR) is 120 cm³/mol. The number of amides is 2. The van der Waals surface area contributed by atoms with Crippen molar-refractivity contribution in [3.63, 3.8) is 0 Å². The molecule has 10 heteroatoms. The van der Waals surface area contributed by atoms with Gasteiger partial charge in [-0.05, 0) is 64.7 Å². The Kier molecular flexibility index (Phi) is 7.66. The van der Waals surface area contributed by atoms with Gasteiger partial charge in [0.2, 0.25) is 22.7 Å². The van der Waals surface area contributed by atoms with Gasteiger partial charge in [-0.1, -0.05) is 0 Å². The number of rotatable bonds is 8. The maximum absolute atomic E-state index is 13.3. The molecule has 1 atom stereocenters. The zero-order valence-corrected chi connectivity index (χ0v) is 20.0. The van der Waals surface area contributed by atoms with Crippen molar-refractivity contribution in [2.24, 2.45) is 5.92 Å². The fraction of sp³-hybridized carbons (Fsp3) is 0.636. The molecular formula is C22H33N3O6S. The molecule has 3 rings (SSSR count). The Bertz CT molecular complexity index is 937. The fourth-order valence-electron chi connectivity index (χ4n) is 4.14. The fourth-order valence-corrected chi connectivity index (χ4v) is 5.45. The number of nitrogens with one attached hydrogen (secondary N) is 1. The number of benzene rings is 1. The minimum atomic E-state index is -3.34. The van der Waals surface area contributed by atoms with Crippen molar-refractivity contribution in [3.05, 3.63) is 23.8 Å². The Hall–Kier alpha value is -2.33. The summed E-state index contributed by atoms with van der Waals surface area (Å²) in [5.41, 5.74) is 0.381. The van der Waals surface area contributed by atoms with E-state index >= 15 is 0 Å². The van der Waals surface area contributed by atoms with E-state index in [0.717, 1.165) is 0 Å². The first-order valence-electron chi connectivity index (χ1n) is 11.2. The van der Waals surface area contributed by atoms with Gasteiger partial charge in [-0.2, -0.15) is 0 Å². The highest BCUT2D eigenvalue weighted by Gasteiger charge is 2.38. The van der Waals surface area contributed by atoms with Crippen LogP contribution in [0.5, 0.6) is 11.5 Å². The second-order valence-corrected chi connectivity index (χ2v) is 10.8. The van der Waals surface area contributed by atoms with E-state index in [0.29, 0.717) is 56.1 Å². The third-order valence-corrected chi connectivity index (χ3v) is 8.46. The van der Waals surface area contributed by atoms with Gasteiger partial charge < -0.3 is 19.7 Å². The molecule has 178 valence electrons. The van der Waals surface area contributed by atoms with Crippen LogP contribution in [0.3, 0.4) is 0 Å². The first-order valence-corrected chi connectivity index (χ1v) is 12.7. The molecule has 2 heterocycles. The maximum Gasteiger partial charge on any atom is 0.252 e. The SMILES string of the molecule is CCN(CC)C(=O)[C@@H](NC(=O)c1ccc2c(c1)OCO2)C1CCN(S(=O)(=O)C(C)C)CC1. The molecule has 0 aromatic heterocycles. The lowest BCUT2D eigenvalue weighted by atomic mass is 9.89. The van der Waals surface area contributed by atoms with E-state index in [9.17, 15) is 18.0 Å². The Labute approximate surface area is 190 Å². The van der Waals surface area contributed by atoms with E-state index in [-0.39, 0.29) is 24.5 Å². The maximum atomic E-state index is 13.3. The van der Waals surface area contributed by atoms with Crippen molar-refractivity contribution in [2.45, 2.75) is 51.8 Å². The number of hydrogen-bond donors (Lipinski definition) is 1. The van der Waals surface area contributed by atoms with E-state index in [4.69, 9.17) is 9.47 Å². The van der Waals surface area contributed by atoms with Gasteiger partial charge in [-0.25, -0.2) is 12.7 Å². The molecule has 0 unspecified atom stereocenters. The summed E-state index contributed by atoms with van der Waals surface area (Å²) in [5.74, 6) is 0.410. The van der Waals surface area contributed by atoms with Crippen LogP contribution in [0.15, 0.2) is 18.2 Å². The number of hydrogen-bond acceptors (Lipinski definition) is 6. The average Bonchev–Trinajstić information content (AvgIpc) is 3.26. The van der Waals surface area contributed by atoms with Gasteiger partial charge in [-0.15, -0.1) is 0 Å². The summed E-state index contributed by atoms with van der Waals surface area (Å²) < 4.78 is 37.2. The first-order chi connectivity index (χ1) is 15.2. The van der Waals surface area contributed by atoms with Crippen LogP contribution in [0, 0.1) is 5.92 Å². The molecule has 2 amide bonds. The zero-order chi connectivity index (χ0) is 23.5. The number of piperidine rings is 1. The predicted octanol–water partition coefficient (Wildman–Crippen LogP) is 1.83. The third kappa shape index (κ3) is 5.01. The van der Waals surface area contributed by atoms with Crippen molar-refractivity contribution in [2.75, 3.05) is 33.0 Å². The lowest BCUT2D eigenvalue weighted by molar-refractivity contribution is -0.134. The lowest BCUT2D eigenvalue weighted by Crippen LogP contribution is -2.55. The van der Waals surface area contributed by atoms with Crippen LogP contribution < -0.4 is 14.8 Å². The van der Waals surface area contributed by atoms with Gasteiger partial charge in [0, 0.05) is 31.7 Å². The highest BCUT2D eigenvalue weighted by molar-refractivity contribution is 7.89. The molecule has 0 bridgehead atoms. The van der Waals surface area contributed by atoms with Crippen molar-refractivity contribution >= 4 is 21.8 Å². The Morgan fingerprint density at radius 1 is 1.12 bits per heavy atom. The molecule has 1 aromatic carbocycles. The van der Waals surface area contributed by atoms with Crippen LogP contribution in [-0.2, 0) is 14.8 Å². The highest BCUT2D eigenvalue weighted by atomic mass is 32.2. The Morgan fingerprint density at radius 2 is 1.75 bits per heavy atom. The minimum Gasteiger partial charge on any atom is -0.454 e. The molecule has 2 aliphatic rings. The second kappa shape index (κ2) is 10.1. The van der Waals surface area contributed by atoms with Crippen molar-refractivity contribution < 1.29 is 27.5 Å². The monoisotopic (exact) mass is 467 g/mol. The zero-order valence-electron chi connectivity index (χ0n) is 19.2. The van der Waals surface area contributed by atoms with Gasteiger partial charge in [0.1, 0.15) is 6.04 Å². The number of fused-ring (bicyclic) bond motifs is 1. The summed E-state index contributed by atoms with van der Waals surface area (Å²) in [5, 5.41) is 2.44. The third-order valence-electron chi connectivity index (χ3n) is 6.19. The minimum absolute atomic E-state index is 0.112. The van der Waals surface area contributed by atoms with Gasteiger partial charge in [0.15, 0.2) is 11.5 Å². The largest absolute Gasteiger partial charge is 0.454 e. The van der Waals surface area contributed by atoms with Crippen LogP contribution in [0.25, 0.3) is 0 Å². The number of ether oxygens (including phenoxy) is 2. The first kappa shape index (κ1) is 24.3. The second-order valence-electron chi connectivity index (χ2n) is 8.36. The molecule has 0 aliphatic carbocycles. The number of carbonyl (C=O) groups is 2. The molecule has 0 radical (unpaired) electrons. The van der Waals surface area contributed by atoms with Crippen LogP contribution >= 0.6 is 0 Å². The van der Waals surface area contributed by atoms with Gasteiger partial charge in [0.25, 0.3) is 5.91 Å². The molecule has 1 aromatic rings. The van der Waals surface area contributed by atoms with Crippen LogP contribution in [0.1, 0.15) is 50.9 Å². The smallest absolute Gasteiger partial charge is 0.252 e. The molecule has 1 fully saturated rings. The number of sulfonamides is 1. The summed E-state index contributed by atoms with van der Waals surface area (Å²) in [4.78, 5) is 28.0. The van der Waals surface area contributed by atoms with E-state index in [1.165, 1.54) is 4.31 Å². The highest BCUT2D eigenvalue weighted by Crippen LogP contribution is 2.32. The van der Waals surface area contributed by atoms with Crippen molar-refractivity contribution in [1.29, 1.82) is 0 Å². The summed E-state index contributed by atoms with van der Waals surface area (Å²) in [6, 6.07) is 4.19. The molecule has 2 aliphatic heterocycles. The van der Waals surface area contributed by atoms with Crippen LogP contribution in [0.2, 0.25) is 0 Å². The van der Waals surface area contributed by atoms with Crippen LogP contribution in [0.4, 0.5) is 0 Å². The number of nitrogens with zero attached hydrogens (tertiary/aromatic N) is 2. The quantitative estimate of drug-likeness (QED) is 0.625. The van der Waals surface area contributed by atoms with Crippen molar-refractivity contribution in [1.82, 2.24) is 14.5 Å². The molecule has 1 N–H and O–H groups in total. The van der Waals surface area contributed by atoms with E-state index < -0.39 is 21.3 Å². The Morgan fingerprint density at radius 3 is 2.34 bits per heavy atom. The molecular weight excluding hydrogens is 434 g/mol. The van der Waals surface area contributed by atoms with Crippen molar-refractivity contribution in [3.8, 4) is 11.5 Å². The van der Waals surface area contributed by atoms with Gasteiger partial charge in [-0.3, -0.25) is 9.59 Å². The lowest BCUT2D eigenvalue weighted by Gasteiger charge is -2.37. The van der Waals surface area contributed by atoms with Crippen LogP contribution in [-0.4, -0.2) is 73.7 Å². The van der Waals surface area contributed by atoms with E-state index in [1.807, 2.05) is 13.8 Å². The standard InChI is InChI=1S/C22H33N3O6S/c1-5-24(6-2)22(27)20(16-9-11-25(12-10-16)32(28,29)15(3)4)23-21(26)17-7-8-18-19(13-17)31-14-30-18/h7-8,13,15-16,20H,5-6,9-12,14H2,1-4H3,(H,23,26)/t20-/m0/s1. The topological polar surface area (TPSA) is 105 Å². The molecule has 0 saturated carbocycles. The summed E-state index contributed by atoms with van der Waals surface area (Å²) in [6.45, 7) is 8.99. The summed E-state index contributed by atoms with van der Waals surface area (Å²) in [6.07, 6.45) is 1.01. The normalized spacial score (nSPS) is 17.9. The van der Waals surface area contributed by atoms with E-state index in [2.05, 4.69) is 5.32 Å².